The highest BCUT2D eigenvalue weighted by Gasteiger charge is 2.27. The second-order valence-electron chi connectivity index (χ2n) is 4.20. The van der Waals surface area contributed by atoms with Gasteiger partial charge >= 0.3 is 12.1 Å². The summed E-state index contributed by atoms with van der Waals surface area (Å²) in [4.78, 5) is 22.0. The number of amides is 1. The van der Waals surface area contributed by atoms with E-state index < -0.39 is 24.7 Å². The lowest BCUT2D eigenvalue weighted by atomic mass is 10.1. The molecule has 0 unspecified atom stereocenters. The largest absolute Gasteiger partial charge is 0.478 e. The summed E-state index contributed by atoms with van der Waals surface area (Å²) in [5.74, 6) is -1.49. The molecule has 0 aliphatic carbocycles. The number of carbonyl (C=O) groups excluding carboxylic acids is 1. The smallest absolute Gasteiger partial charge is 0.411 e. The number of nitrogens with one attached hydrogen (secondary N) is 1. The minimum absolute atomic E-state index is 0.130. The Morgan fingerprint density at radius 2 is 1.81 bits per heavy atom. The molecule has 1 aromatic carbocycles. The predicted molar refractivity (Wildman–Crippen MR) is 66.7 cm³/mol. The second-order valence-corrected chi connectivity index (χ2v) is 4.20. The summed E-state index contributed by atoms with van der Waals surface area (Å²) in [6.45, 7) is -1.53. The molecule has 0 radical (unpaired) electrons. The zero-order valence-electron chi connectivity index (χ0n) is 10.9. The standard InChI is InChI=1S/C13H14F3NO4/c14-13(15,16)8-21-6-5-11(18)17-7-9-1-3-10(4-2-9)12(19)20/h1-4H,5-8H2,(H,17,18)(H,19,20). The van der Waals surface area contributed by atoms with Gasteiger partial charge in [-0.3, -0.25) is 4.79 Å². The topological polar surface area (TPSA) is 75.6 Å². The van der Waals surface area contributed by atoms with E-state index in [9.17, 15) is 22.8 Å². The van der Waals surface area contributed by atoms with Gasteiger partial charge in [0.05, 0.1) is 12.2 Å². The number of benzene rings is 1. The molecule has 0 aliphatic rings. The van der Waals surface area contributed by atoms with E-state index >= 15 is 0 Å². The molecule has 8 heteroatoms. The van der Waals surface area contributed by atoms with E-state index in [-0.39, 0.29) is 25.1 Å². The van der Waals surface area contributed by atoms with Crippen LogP contribution in [0.25, 0.3) is 0 Å². The maximum atomic E-state index is 11.8. The molecule has 2 N–H and O–H groups in total. The maximum absolute atomic E-state index is 11.8. The van der Waals surface area contributed by atoms with Gasteiger partial charge in [0.15, 0.2) is 0 Å². The number of carboxylic acid groups (broad SMARTS) is 1. The molecule has 0 spiro atoms. The third kappa shape index (κ3) is 7.31. The van der Waals surface area contributed by atoms with Gasteiger partial charge in [-0.15, -0.1) is 0 Å². The fourth-order valence-electron chi connectivity index (χ4n) is 1.41. The van der Waals surface area contributed by atoms with Crippen LogP contribution in [0.4, 0.5) is 13.2 Å². The van der Waals surface area contributed by atoms with Gasteiger partial charge in [-0.05, 0) is 17.7 Å². The molecule has 0 aliphatic heterocycles. The molecular formula is C13H14F3NO4. The van der Waals surface area contributed by atoms with Crippen molar-refractivity contribution in [3.63, 3.8) is 0 Å². The molecule has 21 heavy (non-hydrogen) atoms. The average molecular weight is 305 g/mol. The van der Waals surface area contributed by atoms with Gasteiger partial charge in [0.2, 0.25) is 5.91 Å². The van der Waals surface area contributed by atoms with E-state index in [0.717, 1.165) is 0 Å². The van der Waals surface area contributed by atoms with Crippen LogP contribution in [0.3, 0.4) is 0 Å². The van der Waals surface area contributed by atoms with E-state index in [0.29, 0.717) is 5.56 Å². The highest BCUT2D eigenvalue weighted by molar-refractivity contribution is 5.87. The van der Waals surface area contributed by atoms with Crippen molar-refractivity contribution in [2.45, 2.75) is 19.1 Å². The van der Waals surface area contributed by atoms with Crippen molar-refractivity contribution in [3.05, 3.63) is 35.4 Å². The van der Waals surface area contributed by atoms with E-state index in [4.69, 9.17) is 5.11 Å². The number of halogens is 3. The van der Waals surface area contributed by atoms with E-state index in [1.807, 2.05) is 0 Å². The first-order chi connectivity index (χ1) is 9.78. The highest BCUT2D eigenvalue weighted by atomic mass is 19.4. The Morgan fingerprint density at radius 1 is 1.19 bits per heavy atom. The molecule has 116 valence electrons. The molecule has 0 saturated carbocycles. The third-order valence-electron chi connectivity index (χ3n) is 2.43. The zero-order chi connectivity index (χ0) is 15.9. The minimum atomic E-state index is -4.40. The number of carbonyl (C=O) groups is 2. The first kappa shape index (κ1) is 17.0. The second kappa shape index (κ2) is 7.63. The first-order valence-electron chi connectivity index (χ1n) is 6.01. The number of ether oxygens (including phenoxy) is 1. The summed E-state index contributed by atoms with van der Waals surface area (Å²) in [5.41, 5.74) is 0.815. The van der Waals surface area contributed by atoms with Crippen molar-refractivity contribution in [2.75, 3.05) is 13.2 Å². The lowest BCUT2D eigenvalue weighted by molar-refractivity contribution is -0.174. The van der Waals surface area contributed by atoms with Crippen LogP contribution in [-0.2, 0) is 16.1 Å². The van der Waals surface area contributed by atoms with Crippen LogP contribution < -0.4 is 5.32 Å². The van der Waals surface area contributed by atoms with Crippen molar-refractivity contribution in [1.82, 2.24) is 5.32 Å². The van der Waals surface area contributed by atoms with Gasteiger partial charge in [0, 0.05) is 13.0 Å². The predicted octanol–water partition coefficient (Wildman–Crippen LogP) is 1.97. The van der Waals surface area contributed by atoms with Crippen molar-refractivity contribution in [3.8, 4) is 0 Å². The van der Waals surface area contributed by atoms with Crippen LogP contribution in [0.5, 0.6) is 0 Å². The molecule has 1 rings (SSSR count). The summed E-state index contributed by atoms with van der Waals surface area (Å²) >= 11 is 0. The van der Waals surface area contributed by atoms with E-state index in [1.54, 1.807) is 12.1 Å². The molecule has 0 fully saturated rings. The molecule has 0 bridgehead atoms. The fraction of sp³-hybridized carbons (Fsp3) is 0.385. The molecule has 1 aromatic rings. The van der Waals surface area contributed by atoms with Crippen molar-refractivity contribution >= 4 is 11.9 Å². The normalized spacial score (nSPS) is 11.2. The Hall–Kier alpha value is -2.09. The van der Waals surface area contributed by atoms with Crippen LogP contribution in [0.15, 0.2) is 24.3 Å². The Morgan fingerprint density at radius 3 is 2.33 bits per heavy atom. The van der Waals surface area contributed by atoms with Gasteiger partial charge < -0.3 is 15.2 Å². The van der Waals surface area contributed by atoms with Crippen LogP contribution >= 0.6 is 0 Å². The maximum Gasteiger partial charge on any atom is 0.411 e. The number of hydrogen-bond donors (Lipinski definition) is 2. The van der Waals surface area contributed by atoms with Gasteiger partial charge in [-0.1, -0.05) is 12.1 Å². The summed E-state index contributed by atoms with van der Waals surface area (Å²) < 4.78 is 39.6. The molecule has 1 amide bonds. The molecular weight excluding hydrogens is 291 g/mol. The molecule has 0 saturated heterocycles. The van der Waals surface area contributed by atoms with Crippen LogP contribution in [0, 0.1) is 0 Å². The molecule has 0 atom stereocenters. The average Bonchev–Trinajstić information content (AvgIpc) is 2.41. The zero-order valence-corrected chi connectivity index (χ0v) is 10.9. The minimum Gasteiger partial charge on any atom is -0.478 e. The monoisotopic (exact) mass is 305 g/mol. The Balaban J connectivity index is 2.25. The molecule has 0 aromatic heterocycles. The Kier molecular flexibility index (Phi) is 6.16. The summed E-state index contributed by atoms with van der Waals surface area (Å²) in [5, 5.41) is 11.2. The third-order valence-corrected chi connectivity index (χ3v) is 2.43. The highest BCUT2D eigenvalue weighted by Crippen LogP contribution is 2.14. The first-order valence-corrected chi connectivity index (χ1v) is 6.01. The number of rotatable bonds is 7. The van der Waals surface area contributed by atoms with Crippen molar-refractivity contribution in [2.24, 2.45) is 0 Å². The van der Waals surface area contributed by atoms with Crippen LogP contribution in [0.2, 0.25) is 0 Å². The number of aromatic carboxylic acids is 1. The van der Waals surface area contributed by atoms with Gasteiger partial charge in [0.25, 0.3) is 0 Å². The van der Waals surface area contributed by atoms with Crippen molar-refractivity contribution in [1.29, 1.82) is 0 Å². The summed E-state index contributed by atoms with van der Waals surface area (Å²) in [6.07, 6.45) is -4.58. The number of alkyl halides is 3. The molecule has 0 heterocycles. The summed E-state index contributed by atoms with van der Waals surface area (Å²) in [7, 11) is 0. The lowest BCUT2D eigenvalue weighted by Crippen LogP contribution is -2.25. The number of hydrogen-bond acceptors (Lipinski definition) is 3. The quantitative estimate of drug-likeness (QED) is 0.755. The van der Waals surface area contributed by atoms with E-state index in [2.05, 4.69) is 10.1 Å². The lowest BCUT2D eigenvalue weighted by Gasteiger charge is -2.08. The van der Waals surface area contributed by atoms with Crippen LogP contribution in [0.1, 0.15) is 22.3 Å². The summed E-state index contributed by atoms with van der Waals surface area (Å²) in [6, 6.07) is 5.89. The SMILES string of the molecule is O=C(CCOCC(F)(F)F)NCc1ccc(C(=O)O)cc1. The number of carboxylic acids is 1. The van der Waals surface area contributed by atoms with Gasteiger partial charge in [-0.25, -0.2) is 4.79 Å². The van der Waals surface area contributed by atoms with E-state index in [1.165, 1.54) is 12.1 Å². The fourth-order valence-corrected chi connectivity index (χ4v) is 1.41. The Labute approximate surface area is 118 Å². The Bertz CT molecular complexity index is 485. The van der Waals surface area contributed by atoms with Gasteiger partial charge in [-0.2, -0.15) is 13.2 Å². The van der Waals surface area contributed by atoms with Gasteiger partial charge in [0.1, 0.15) is 6.61 Å². The molecule has 5 nitrogen and oxygen atoms in total. The van der Waals surface area contributed by atoms with Crippen LogP contribution in [-0.4, -0.2) is 36.4 Å². The van der Waals surface area contributed by atoms with Crippen molar-refractivity contribution < 1.29 is 32.6 Å².